The number of carbonyl (C=O) groups excluding carboxylic acids is 1. The first kappa shape index (κ1) is 11.9. The van der Waals surface area contributed by atoms with Gasteiger partial charge in [-0.3, -0.25) is 9.36 Å². The molecule has 1 aromatic carbocycles. The molecule has 0 aliphatic carbocycles. The fraction of sp³-hybridized carbons (Fsp3) is 0.0769. The fourth-order valence-electron chi connectivity index (χ4n) is 1.55. The minimum absolute atomic E-state index is 0.0752. The van der Waals surface area contributed by atoms with Gasteiger partial charge in [0.2, 0.25) is 0 Å². The Hall–Kier alpha value is -2.56. The lowest BCUT2D eigenvalue weighted by Gasteiger charge is -2.04. The van der Waals surface area contributed by atoms with Gasteiger partial charge in [-0.15, -0.1) is 0 Å². The molecule has 0 aliphatic heterocycles. The first-order valence-electron chi connectivity index (χ1n) is 5.22. The summed E-state index contributed by atoms with van der Waals surface area (Å²) in [6.45, 7) is 0. The van der Waals surface area contributed by atoms with Crippen molar-refractivity contribution in [3.05, 3.63) is 53.9 Å². The molecule has 1 heterocycles. The summed E-state index contributed by atoms with van der Waals surface area (Å²) in [6, 6.07) is 8.05. The lowest BCUT2D eigenvalue weighted by molar-refractivity contribution is 0.0697. The second-order valence-corrected chi connectivity index (χ2v) is 3.65. The van der Waals surface area contributed by atoms with Gasteiger partial charge in [0.1, 0.15) is 5.75 Å². The van der Waals surface area contributed by atoms with Crippen LogP contribution in [0.3, 0.4) is 0 Å². The van der Waals surface area contributed by atoms with Crippen LogP contribution in [0.15, 0.2) is 42.7 Å². The van der Waals surface area contributed by atoms with E-state index in [0.29, 0.717) is 11.3 Å². The van der Waals surface area contributed by atoms with Crippen molar-refractivity contribution in [2.24, 2.45) is 0 Å². The number of carboxylic acid groups (broad SMARTS) is 1. The van der Waals surface area contributed by atoms with Crippen LogP contribution in [-0.2, 0) is 0 Å². The van der Waals surface area contributed by atoms with Crippen molar-refractivity contribution in [1.82, 2.24) is 4.57 Å². The lowest BCUT2D eigenvalue weighted by atomic mass is 10.2. The maximum Gasteiger partial charge on any atom is 0.337 e. The highest BCUT2D eigenvalue weighted by atomic mass is 16.5. The SMILES string of the molecule is COc1cccc(C(=O)n2ccc(C(=O)O)c2)c1. The van der Waals surface area contributed by atoms with Gasteiger partial charge in [-0.1, -0.05) is 6.07 Å². The molecule has 5 heteroatoms. The molecule has 0 aliphatic rings. The smallest absolute Gasteiger partial charge is 0.337 e. The summed E-state index contributed by atoms with van der Waals surface area (Å²) in [6.07, 6.45) is 2.70. The van der Waals surface area contributed by atoms with Crippen LogP contribution in [0.1, 0.15) is 20.7 Å². The summed E-state index contributed by atoms with van der Waals surface area (Å²) in [5.41, 5.74) is 0.508. The zero-order chi connectivity index (χ0) is 13.1. The van der Waals surface area contributed by atoms with E-state index < -0.39 is 5.97 Å². The van der Waals surface area contributed by atoms with Gasteiger partial charge in [0, 0.05) is 18.0 Å². The zero-order valence-electron chi connectivity index (χ0n) is 9.66. The van der Waals surface area contributed by atoms with Gasteiger partial charge in [0.15, 0.2) is 0 Å². The minimum Gasteiger partial charge on any atom is -0.497 e. The Kier molecular flexibility index (Phi) is 3.14. The number of rotatable bonds is 3. The third kappa shape index (κ3) is 2.24. The Morgan fingerprint density at radius 2 is 2.00 bits per heavy atom. The number of benzene rings is 1. The first-order chi connectivity index (χ1) is 8.61. The Balaban J connectivity index is 2.32. The van der Waals surface area contributed by atoms with Crippen LogP contribution in [0.4, 0.5) is 0 Å². The van der Waals surface area contributed by atoms with Crippen molar-refractivity contribution in [1.29, 1.82) is 0 Å². The molecule has 5 nitrogen and oxygen atoms in total. The summed E-state index contributed by atoms with van der Waals surface area (Å²) in [7, 11) is 1.52. The van der Waals surface area contributed by atoms with Crippen LogP contribution in [0.25, 0.3) is 0 Å². The largest absolute Gasteiger partial charge is 0.497 e. The van der Waals surface area contributed by atoms with Crippen molar-refractivity contribution < 1.29 is 19.4 Å². The van der Waals surface area contributed by atoms with Gasteiger partial charge in [-0.25, -0.2) is 4.79 Å². The molecule has 0 radical (unpaired) electrons. The van der Waals surface area contributed by atoms with Crippen LogP contribution in [0.5, 0.6) is 5.75 Å². The van der Waals surface area contributed by atoms with Gasteiger partial charge in [0.25, 0.3) is 5.91 Å². The van der Waals surface area contributed by atoms with Gasteiger partial charge >= 0.3 is 5.97 Å². The molecule has 0 unspecified atom stereocenters. The Morgan fingerprint density at radius 1 is 1.22 bits per heavy atom. The molecule has 92 valence electrons. The third-order valence-corrected chi connectivity index (χ3v) is 2.49. The molecule has 2 rings (SSSR count). The van der Waals surface area contributed by atoms with Crippen molar-refractivity contribution >= 4 is 11.9 Å². The van der Waals surface area contributed by atoms with E-state index in [4.69, 9.17) is 9.84 Å². The average Bonchev–Trinajstić information content (AvgIpc) is 2.87. The van der Waals surface area contributed by atoms with Crippen LogP contribution in [-0.4, -0.2) is 28.7 Å². The number of aromatic nitrogens is 1. The number of ether oxygens (including phenoxy) is 1. The van der Waals surface area contributed by atoms with Gasteiger partial charge < -0.3 is 9.84 Å². The number of nitrogens with zero attached hydrogens (tertiary/aromatic N) is 1. The molecule has 1 aromatic heterocycles. The normalized spacial score (nSPS) is 10.1. The molecule has 0 saturated heterocycles. The van der Waals surface area contributed by atoms with Crippen LogP contribution in [0.2, 0.25) is 0 Å². The summed E-state index contributed by atoms with van der Waals surface area (Å²) in [5, 5.41) is 8.79. The first-order valence-corrected chi connectivity index (χ1v) is 5.22. The zero-order valence-corrected chi connectivity index (χ0v) is 9.66. The molecule has 18 heavy (non-hydrogen) atoms. The van der Waals surface area contributed by atoms with Gasteiger partial charge in [-0.2, -0.15) is 0 Å². The van der Waals surface area contributed by atoms with E-state index in [-0.39, 0.29) is 11.5 Å². The van der Waals surface area contributed by atoms with E-state index in [9.17, 15) is 9.59 Å². The summed E-state index contributed by atoms with van der Waals surface area (Å²) >= 11 is 0. The number of hydrogen-bond donors (Lipinski definition) is 1. The van der Waals surface area contributed by atoms with Crippen molar-refractivity contribution in [3.63, 3.8) is 0 Å². The van der Waals surface area contributed by atoms with E-state index >= 15 is 0 Å². The quantitative estimate of drug-likeness (QED) is 0.896. The number of methoxy groups -OCH3 is 1. The van der Waals surface area contributed by atoms with Crippen LogP contribution in [0, 0.1) is 0 Å². The molecule has 0 fully saturated rings. The number of carboxylic acids is 1. The van der Waals surface area contributed by atoms with E-state index in [1.165, 1.54) is 30.1 Å². The molecular weight excluding hydrogens is 234 g/mol. The molecule has 0 spiro atoms. The number of hydrogen-bond acceptors (Lipinski definition) is 3. The van der Waals surface area contributed by atoms with Crippen LogP contribution < -0.4 is 4.74 Å². The topological polar surface area (TPSA) is 68.5 Å². The summed E-state index contributed by atoms with van der Waals surface area (Å²) in [5.74, 6) is -0.792. The van der Waals surface area contributed by atoms with Crippen molar-refractivity contribution in [3.8, 4) is 5.75 Å². The summed E-state index contributed by atoms with van der Waals surface area (Å²) < 4.78 is 6.26. The Bertz CT molecular complexity index is 601. The number of carbonyl (C=O) groups is 2. The second kappa shape index (κ2) is 4.75. The molecular formula is C13H11NO4. The molecule has 0 saturated carbocycles. The standard InChI is InChI=1S/C13H11NO4/c1-18-11-4-2-3-9(7-11)12(15)14-6-5-10(8-14)13(16)17/h2-8H,1H3,(H,16,17). The van der Waals surface area contributed by atoms with E-state index in [1.807, 2.05) is 0 Å². The van der Waals surface area contributed by atoms with Crippen LogP contribution >= 0.6 is 0 Å². The molecule has 0 bridgehead atoms. The Labute approximate surface area is 103 Å². The van der Waals surface area contributed by atoms with E-state index in [1.54, 1.807) is 24.3 Å². The fourth-order valence-corrected chi connectivity index (χ4v) is 1.55. The molecule has 1 N–H and O–H groups in total. The second-order valence-electron chi connectivity index (χ2n) is 3.65. The predicted molar refractivity (Wildman–Crippen MR) is 64.1 cm³/mol. The van der Waals surface area contributed by atoms with E-state index in [2.05, 4.69) is 0 Å². The maximum atomic E-state index is 12.1. The highest BCUT2D eigenvalue weighted by Gasteiger charge is 2.12. The summed E-state index contributed by atoms with van der Waals surface area (Å²) in [4.78, 5) is 22.8. The maximum absolute atomic E-state index is 12.1. The van der Waals surface area contributed by atoms with Gasteiger partial charge in [-0.05, 0) is 24.3 Å². The monoisotopic (exact) mass is 245 g/mol. The van der Waals surface area contributed by atoms with Crippen molar-refractivity contribution in [2.75, 3.05) is 7.11 Å². The third-order valence-electron chi connectivity index (χ3n) is 2.49. The minimum atomic E-state index is -1.06. The van der Waals surface area contributed by atoms with Gasteiger partial charge in [0.05, 0.1) is 12.7 Å². The lowest BCUT2D eigenvalue weighted by Crippen LogP contribution is -2.10. The molecule has 0 atom stereocenters. The van der Waals surface area contributed by atoms with E-state index in [0.717, 1.165) is 0 Å². The molecule has 2 aromatic rings. The average molecular weight is 245 g/mol. The highest BCUT2D eigenvalue weighted by Crippen LogP contribution is 2.14. The molecule has 0 amide bonds. The number of aromatic carboxylic acids is 1. The Morgan fingerprint density at radius 3 is 2.61 bits per heavy atom. The highest BCUT2D eigenvalue weighted by molar-refractivity contribution is 5.97. The predicted octanol–water partition coefficient (Wildman–Crippen LogP) is 1.88. The van der Waals surface area contributed by atoms with Crippen molar-refractivity contribution in [2.45, 2.75) is 0 Å².